The molecule has 0 aliphatic heterocycles. The Morgan fingerprint density at radius 3 is 2.23 bits per heavy atom. The van der Waals surface area contributed by atoms with Gasteiger partial charge in [-0.2, -0.15) is 0 Å². The van der Waals surface area contributed by atoms with E-state index in [1.807, 2.05) is 13.0 Å². The lowest BCUT2D eigenvalue weighted by Gasteiger charge is -2.17. The average molecular weight is 360 g/mol. The number of halogens is 1. The van der Waals surface area contributed by atoms with E-state index in [2.05, 4.69) is 10.6 Å². The van der Waals surface area contributed by atoms with Gasteiger partial charge >= 0.3 is 0 Å². The molecule has 2 aromatic carbocycles. The maximum absolute atomic E-state index is 12.9. The number of carbonyl (C=O) groups is 2. The van der Waals surface area contributed by atoms with Crippen LogP contribution in [0.5, 0.6) is 5.75 Å². The second-order valence-corrected chi connectivity index (χ2v) is 5.76. The van der Waals surface area contributed by atoms with Gasteiger partial charge in [-0.3, -0.25) is 9.59 Å². The molecule has 6 nitrogen and oxygen atoms in total. The molecule has 0 heterocycles. The molecule has 1 unspecified atom stereocenters. The van der Waals surface area contributed by atoms with Gasteiger partial charge in [0.15, 0.2) is 13.1 Å². The van der Waals surface area contributed by atoms with Crippen LogP contribution in [-0.4, -0.2) is 38.6 Å². The summed E-state index contributed by atoms with van der Waals surface area (Å²) in [4.78, 5) is 25.2. The number of hydrogen-bond donors (Lipinski definition) is 3. The Kier molecular flexibility index (Phi) is 7.11. The molecule has 0 saturated carbocycles. The largest absolute Gasteiger partial charge is 0.495 e. The van der Waals surface area contributed by atoms with Crippen LogP contribution in [0.2, 0.25) is 0 Å². The lowest BCUT2D eigenvalue weighted by Crippen LogP contribution is -3.13. The summed E-state index contributed by atoms with van der Waals surface area (Å²) in [6.45, 7) is 2.78. The molecule has 2 rings (SSSR count). The first kappa shape index (κ1) is 19.4. The fourth-order valence-corrected chi connectivity index (χ4v) is 2.45. The van der Waals surface area contributed by atoms with Crippen molar-refractivity contribution >= 4 is 23.2 Å². The maximum Gasteiger partial charge on any atom is 0.279 e. The molecule has 0 radical (unpaired) electrons. The van der Waals surface area contributed by atoms with Crippen molar-refractivity contribution in [3.63, 3.8) is 0 Å². The predicted octanol–water partition coefficient (Wildman–Crippen LogP) is 1.32. The predicted molar refractivity (Wildman–Crippen MR) is 97.9 cm³/mol. The van der Waals surface area contributed by atoms with E-state index in [1.165, 1.54) is 31.4 Å². The van der Waals surface area contributed by atoms with Crippen molar-refractivity contribution in [2.75, 3.05) is 37.4 Å². The standard InChI is InChI=1S/C19H22FN3O3/c1-3-23(12-18(24)21-15-10-8-14(20)9-11-15)13-19(25)22-16-6-4-5-7-17(16)26-2/h4-11H,3,12-13H2,1-2H3,(H,21,24)(H,22,25)/p+1. The third-order valence-corrected chi connectivity index (χ3v) is 3.83. The van der Waals surface area contributed by atoms with Gasteiger partial charge in [0.05, 0.1) is 19.3 Å². The van der Waals surface area contributed by atoms with Gasteiger partial charge in [-0.1, -0.05) is 12.1 Å². The summed E-state index contributed by atoms with van der Waals surface area (Å²) in [5.41, 5.74) is 1.11. The van der Waals surface area contributed by atoms with E-state index < -0.39 is 0 Å². The second kappa shape index (κ2) is 9.53. The van der Waals surface area contributed by atoms with Gasteiger partial charge in [0.25, 0.3) is 11.8 Å². The number of benzene rings is 2. The van der Waals surface area contributed by atoms with Gasteiger partial charge in [-0.05, 0) is 43.3 Å². The fourth-order valence-electron chi connectivity index (χ4n) is 2.45. The highest BCUT2D eigenvalue weighted by molar-refractivity contribution is 5.94. The summed E-state index contributed by atoms with van der Waals surface area (Å²) >= 11 is 0. The normalized spacial score (nSPS) is 11.5. The van der Waals surface area contributed by atoms with Crippen molar-refractivity contribution in [1.82, 2.24) is 0 Å². The highest BCUT2D eigenvalue weighted by Crippen LogP contribution is 2.22. The molecule has 0 aliphatic rings. The molecule has 7 heteroatoms. The molecule has 0 saturated heterocycles. The molecule has 138 valence electrons. The van der Waals surface area contributed by atoms with Crippen LogP contribution in [0.25, 0.3) is 0 Å². The Balaban J connectivity index is 1.88. The van der Waals surface area contributed by atoms with Crippen molar-refractivity contribution < 1.29 is 23.6 Å². The van der Waals surface area contributed by atoms with Crippen LogP contribution in [0.1, 0.15) is 6.92 Å². The molecule has 2 amide bonds. The Morgan fingerprint density at radius 1 is 1.00 bits per heavy atom. The molecule has 0 fully saturated rings. The summed E-state index contributed by atoms with van der Waals surface area (Å²) in [7, 11) is 1.54. The van der Waals surface area contributed by atoms with Gasteiger partial charge in [0.2, 0.25) is 0 Å². The van der Waals surface area contributed by atoms with Crippen molar-refractivity contribution in [3.8, 4) is 5.75 Å². The number of quaternary nitrogens is 1. The van der Waals surface area contributed by atoms with Crippen LogP contribution in [0.3, 0.4) is 0 Å². The Morgan fingerprint density at radius 2 is 1.62 bits per heavy atom. The average Bonchev–Trinajstić information content (AvgIpc) is 2.63. The van der Waals surface area contributed by atoms with E-state index in [-0.39, 0.29) is 30.7 Å². The Hall–Kier alpha value is -2.93. The fraction of sp³-hybridized carbons (Fsp3) is 0.263. The monoisotopic (exact) mass is 360 g/mol. The zero-order valence-electron chi connectivity index (χ0n) is 14.8. The van der Waals surface area contributed by atoms with Gasteiger partial charge < -0.3 is 20.3 Å². The van der Waals surface area contributed by atoms with Gasteiger partial charge in [-0.15, -0.1) is 0 Å². The third-order valence-electron chi connectivity index (χ3n) is 3.83. The molecule has 0 aromatic heterocycles. The van der Waals surface area contributed by atoms with Crippen LogP contribution in [0, 0.1) is 5.82 Å². The number of nitrogens with one attached hydrogen (secondary N) is 3. The van der Waals surface area contributed by atoms with E-state index in [0.29, 0.717) is 23.7 Å². The molecule has 0 spiro atoms. The smallest absolute Gasteiger partial charge is 0.279 e. The zero-order chi connectivity index (χ0) is 18.9. The first-order valence-electron chi connectivity index (χ1n) is 8.33. The number of carbonyl (C=O) groups excluding carboxylic acids is 2. The number of likely N-dealkylation sites (N-methyl/N-ethyl adjacent to an activating group) is 1. The SMILES string of the molecule is CC[NH+](CC(=O)Nc1ccc(F)cc1)CC(=O)Nc1ccccc1OC. The van der Waals surface area contributed by atoms with Gasteiger partial charge in [0.1, 0.15) is 11.6 Å². The molecule has 1 atom stereocenters. The van der Waals surface area contributed by atoms with Gasteiger partial charge in [0, 0.05) is 5.69 Å². The first-order chi connectivity index (χ1) is 12.5. The number of hydrogen-bond acceptors (Lipinski definition) is 3. The summed E-state index contributed by atoms with van der Waals surface area (Å²) in [5, 5.41) is 5.49. The number of amides is 2. The van der Waals surface area contributed by atoms with Crippen LogP contribution in [0.4, 0.5) is 15.8 Å². The van der Waals surface area contributed by atoms with E-state index in [4.69, 9.17) is 4.74 Å². The van der Waals surface area contributed by atoms with Crippen LogP contribution >= 0.6 is 0 Å². The minimum Gasteiger partial charge on any atom is -0.495 e. The minimum atomic E-state index is -0.364. The summed E-state index contributed by atoms with van der Waals surface area (Å²) < 4.78 is 18.1. The number of rotatable bonds is 8. The number of para-hydroxylation sites is 2. The maximum atomic E-state index is 12.9. The number of ether oxygens (including phenoxy) is 1. The molecule has 0 bridgehead atoms. The number of anilines is 2. The minimum absolute atomic E-state index is 0.132. The van der Waals surface area contributed by atoms with Crippen molar-refractivity contribution in [3.05, 3.63) is 54.3 Å². The second-order valence-electron chi connectivity index (χ2n) is 5.76. The highest BCUT2D eigenvalue weighted by Gasteiger charge is 2.17. The van der Waals surface area contributed by atoms with Crippen molar-refractivity contribution in [1.29, 1.82) is 0 Å². The quantitative estimate of drug-likeness (QED) is 0.665. The summed E-state index contributed by atoms with van der Waals surface area (Å²) in [6.07, 6.45) is 0. The third kappa shape index (κ3) is 5.86. The van der Waals surface area contributed by atoms with E-state index in [9.17, 15) is 14.0 Å². The summed E-state index contributed by atoms with van der Waals surface area (Å²) in [5.74, 6) is -0.232. The van der Waals surface area contributed by atoms with Crippen LogP contribution in [-0.2, 0) is 9.59 Å². The highest BCUT2D eigenvalue weighted by atomic mass is 19.1. The van der Waals surface area contributed by atoms with E-state index in [0.717, 1.165) is 4.90 Å². The van der Waals surface area contributed by atoms with Crippen molar-refractivity contribution in [2.45, 2.75) is 6.92 Å². The van der Waals surface area contributed by atoms with Crippen molar-refractivity contribution in [2.24, 2.45) is 0 Å². The van der Waals surface area contributed by atoms with Gasteiger partial charge in [-0.25, -0.2) is 4.39 Å². The molecule has 3 N–H and O–H groups in total. The topological polar surface area (TPSA) is 71.9 Å². The molecule has 26 heavy (non-hydrogen) atoms. The zero-order valence-corrected chi connectivity index (χ0v) is 14.8. The number of methoxy groups -OCH3 is 1. The van der Waals surface area contributed by atoms with E-state index in [1.54, 1.807) is 18.2 Å². The Labute approximate surface area is 152 Å². The van der Waals surface area contributed by atoms with E-state index >= 15 is 0 Å². The molecule has 0 aliphatic carbocycles. The lowest BCUT2D eigenvalue weighted by atomic mass is 10.3. The molecular formula is C19H23FN3O3+. The van der Waals surface area contributed by atoms with Crippen LogP contribution in [0.15, 0.2) is 48.5 Å². The molecular weight excluding hydrogens is 337 g/mol. The molecule has 2 aromatic rings. The summed E-state index contributed by atoms with van der Waals surface area (Å²) in [6, 6.07) is 12.7. The van der Waals surface area contributed by atoms with Crippen LogP contribution < -0.4 is 20.3 Å². The Bertz CT molecular complexity index is 750. The first-order valence-corrected chi connectivity index (χ1v) is 8.33. The lowest BCUT2D eigenvalue weighted by molar-refractivity contribution is -0.881.